The number of carbonyl (C=O) groups is 1. The maximum Gasteiger partial charge on any atom is 0.320 e. The van der Waals surface area contributed by atoms with Gasteiger partial charge in [0.05, 0.1) is 16.2 Å². The van der Waals surface area contributed by atoms with Crippen molar-refractivity contribution in [1.82, 2.24) is 15.3 Å². The van der Waals surface area contributed by atoms with Gasteiger partial charge in [0.2, 0.25) is 0 Å². The van der Waals surface area contributed by atoms with Crippen LogP contribution < -0.4 is 10.6 Å². The van der Waals surface area contributed by atoms with Crippen molar-refractivity contribution in [3.8, 4) is 0 Å². The average Bonchev–Trinajstić information content (AvgIpc) is 2.43. The summed E-state index contributed by atoms with van der Waals surface area (Å²) in [7, 11) is 0. The molecule has 20 heavy (non-hydrogen) atoms. The first-order valence-corrected chi connectivity index (χ1v) is 6.96. The van der Waals surface area contributed by atoms with Crippen LogP contribution in [0.15, 0.2) is 41.1 Å². The fraction of sp³-hybridized carbons (Fsp3) is 0.214. The van der Waals surface area contributed by atoms with Crippen LogP contribution >= 0.6 is 15.9 Å². The summed E-state index contributed by atoms with van der Waals surface area (Å²) >= 11 is 3.37. The first-order valence-electron chi connectivity index (χ1n) is 6.17. The number of anilines is 1. The minimum Gasteiger partial charge on any atom is -0.330 e. The summed E-state index contributed by atoms with van der Waals surface area (Å²) in [5.74, 6) is 0.487. The van der Waals surface area contributed by atoms with Gasteiger partial charge in [0.15, 0.2) is 0 Å². The van der Waals surface area contributed by atoms with Crippen molar-refractivity contribution in [2.75, 3.05) is 5.32 Å². The zero-order valence-corrected chi connectivity index (χ0v) is 12.8. The van der Waals surface area contributed by atoms with E-state index in [1.54, 1.807) is 12.4 Å². The Labute approximate surface area is 126 Å². The van der Waals surface area contributed by atoms with Gasteiger partial charge in [0.25, 0.3) is 0 Å². The summed E-state index contributed by atoms with van der Waals surface area (Å²) in [4.78, 5) is 20.3. The second kappa shape index (κ2) is 6.47. The second-order valence-electron chi connectivity index (χ2n) is 4.42. The highest BCUT2D eigenvalue weighted by atomic mass is 79.9. The lowest BCUT2D eigenvalue weighted by atomic mass is 10.2. The van der Waals surface area contributed by atoms with Crippen molar-refractivity contribution in [2.45, 2.75) is 19.9 Å². The highest BCUT2D eigenvalue weighted by Crippen LogP contribution is 2.20. The second-order valence-corrected chi connectivity index (χ2v) is 5.27. The Morgan fingerprint density at radius 3 is 2.80 bits per heavy atom. The molecule has 0 bridgehead atoms. The van der Waals surface area contributed by atoms with Crippen LogP contribution in [0.5, 0.6) is 0 Å². The number of hydrogen-bond acceptors (Lipinski definition) is 3. The summed E-state index contributed by atoms with van der Waals surface area (Å²) < 4.78 is 0.748. The highest BCUT2D eigenvalue weighted by molar-refractivity contribution is 9.10. The van der Waals surface area contributed by atoms with E-state index in [1.165, 1.54) is 0 Å². The number of aryl methyl sites for hydroxylation is 1. The maximum absolute atomic E-state index is 11.9. The van der Waals surface area contributed by atoms with Gasteiger partial charge in [-0.05, 0) is 53.5 Å². The van der Waals surface area contributed by atoms with Crippen LogP contribution in [0.3, 0.4) is 0 Å². The van der Waals surface area contributed by atoms with Gasteiger partial charge in [-0.25, -0.2) is 9.78 Å². The molecule has 0 unspecified atom stereocenters. The molecule has 2 rings (SSSR count). The molecule has 0 aliphatic heterocycles. The molecule has 0 aliphatic carbocycles. The fourth-order valence-corrected chi connectivity index (χ4v) is 2.23. The van der Waals surface area contributed by atoms with Crippen molar-refractivity contribution < 1.29 is 4.79 Å². The van der Waals surface area contributed by atoms with Crippen LogP contribution in [-0.2, 0) is 0 Å². The van der Waals surface area contributed by atoms with E-state index in [2.05, 4.69) is 36.5 Å². The van der Waals surface area contributed by atoms with Crippen molar-refractivity contribution in [1.29, 1.82) is 0 Å². The normalized spacial score (nSPS) is 11.8. The van der Waals surface area contributed by atoms with E-state index < -0.39 is 0 Å². The fourth-order valence-electron chi connectivity index (χ4n) is 1.67. The number of halogens is 1. The number of aromatic nitrogens is 2. The van der Waals surface area contributed by atoms with E-state index in [1.807, 2.05) is 38.1 Å². The monoisotopic (exact) mass is 334 g/mol. The minimum absolute atomic E-state index is 0.180. The van der Waals surface area contributed by atoms with E-state index in [-0.39, 0.29) is 12.1 Å². The van der Waals surface area contributed by atoms with Gasteiger partial charge in [0.1, 0.15) is 5.82 Å². The first kappa shape index (κ1) is 14.5. The maximum atomic E-state index is 11.9. The molecule has 2 heterocycles. The average molecular weight is 335 g/mol. The largest absolute Gasteiger partial charge is 0.330 e. The van der Waals surface area contributed by atoms with Gasteiger partial charge in [0, 0.05) is 12.4 Å². The molecule has 0 fully saturated rings. The molecule has 104 valence electrons. The third-order valence-corrected chi connectivity index (χ3v) is 3.29. The van der Waals surface area contributed by atoms with Crippen LogP contribution in [0.25, 0.3) is 0 Å². The summed E-state index contributed by atoms with van der Waals surface area (Å²) in [6.07, 6.45) is 3.39. The summed E-state index contributed by atoms with van der Waals surface area (Å²) in [6.45, 7) is 3.81. The third-order valence-electron chi connectivity index (χ3n) is 2.69. The third kappa shape index (κ3) is 3.77. The molecular formula is C14H15BrN4O. The molecule has 0 saturated heterocycles. The molecule has 2 amide bonds. The highest BCUT2D eigenvalue weighted by Gasteiger charge is 2.12. The Morgan fingerprint density at radius 1 is 1.35 bits per heavy atom. The van der Waals surface area contributed by atoms with E-state index in [4.69, 9.17) is 0 Å². The molecule has 0 radical (unpaired) electrons. The predicted octanol–water partition coefficient (Wildman–Crippen LogP) is 3.43. The van der Waals surface area contributed by atoms with Gasteiger partial charge in [-0.1, -0.05) is 6.07 Å². The van der Waals surface area contributed by atoms with E-state index in [9.17, 15) is 4.79 Å². The van der Waals surface area contributed by atoms with E-state index in [0.29, 0.717) is 5.82 Å². The quantitative estimate of drug-likeness (QED) is 0.903. The zero-order chi connectivity index (χ0) is 14.5. The number of hydrogen-bond donors (Lipinski definition) is 2. The van der Waals surface area contributed by atoms with Crippen LogP contribution in [0.1, 0.15) is 24.2 Å². The molecule has 2 aromatic rings. The summed E-state index contributed by atoms with van der Waals surface area (Å²) in [6, 6.07) is 6.98. The number of nitrogens with one attached hydrogen (secondary N) is 2. The van der Waals surface area contributed by atoms with Crippen molar-refractivity contribution in [3.63, 3.8) is 0 Å². The van der Waals surface area contributed by atoms with E-state index in [0.717, 1.165) is 15.7 Å². The smallest absolute Gasteiger partial charge is 0.320 e. The lowest BCUT2D eigenvalue weighted by molar-refractivity contribution is 0.249. The molecule has 0 saturated carbocycles. The number of nitrogens with zero attached hydrogens (tertiary/aromatic N) is 2. The van der Waals surface area contributed by atoms with Crippen LogP contribution in [0, 0.1) is 6.92 Å². The van der Waals surface area contributed by atoms with Gasteiger partial charge in [-0.2, -0.15) is 0 Å². The van der Waals surface area contributed by atoms with Gasteiger partial charge >= 0.3 is 6.03 Å². The molecule has 2 N–H and O–H groups in total. The molecule has 1 atom stereocenters. The van der Waals surface area contributed by atoms with Crippen molar-refractivity contribution in [3.05, 3.63) is 52.4 Å². The SMILES string of the molecule is Cc1cnc(NC(=O)N[C@H](C)c2ccccn2)c(Br)c1. The molecule has 0 aliphatic rings. The Kier molecular flexibility index (Phi) is 4.68. The van der Waals surface area contributed by atoms with Crippen LogP contribution in [0.4, 0.5) is 10.6 Å². The lowest BCUT2D eigenvalue weighted by Gasteiger charge is -2.14. The Morgan fingerprint density at radius 2 is 2.15 bits per heavy atom. The van der Waals surface area contributed by atoms with Gasteiger partial charge < -0.3 is 5.32 Å². The number of pyridine rings is 2. The molecule has 6 heteroatoms. The number of amides is 2. The number of carbonyl (C=O) groups excluding carboxylic acids is 1. The molecule has 2 aromatic heterocycles. The Balaban J connectivity index is 1.99. The lowest BCUT2D eigenvalue weighted by Crippen LogP contribution is -2.31. The molecular weight excluding hydrogens is 320 g/mol. The first-order chi connectivity index (χ1) is 9.56. The van der Waals surface area contributed by atoms with Crippen molar-refractivity contribution in [2.24, 2.45) is 0 Å². The van der Waals surface area contributed by atoms with Gasteiger partial charge in [-0.15, -0.1) is 0 Å². The Hall–Kier alpha value is -1.95. The molecule has 5 nitrogen and oxygen atoms in total. The number of rotatable bonds is 3. The minimum atomic E-state index is -0.319. The molecule has 0 aromatic carbocycles. The number of urea groups is 1. The topological polar surface area (TPSA) is 66.9 Å². The standard InChI is InChI=1S/C14H15BrN4O/c1-9-7-11(15)13(17-8-9)19-14(20)18-10(2)12-5-3-4-6-16-12/h3-8,10H,1-2H3,(H2,17,18,19,20)/t10-/m1/s1. The molecule has 0 spiro atoms. The van der Waals surface area contributed by atoms with Gasteiger partial charge in [-0.3, -0.25) is 10.3 Å². The zero-order valence-electron chi connectivity index (χ0n) is 11.2. The van der Waals surface area contributed by atoms with Crippen LogP contribution in [0.2, 0.25) is 0 Å². The summed E-state index contributed by atoms with van der Waals surface area (Å²) in [5.41, 5.74) is 1.82. The van der Waals surface area contributed by atoms with Crippen LogP contribution in [-0.4, -0.2) is 16.0 Å². The predicted molar refractivity (Wildman–Crippen MR) is 81.5 cm³/mol. The van der Waals surface area contributed by atoms with Crippen molar-refractivity contribution >= 4 is 27.8 Å². The Bertz CT molecular complexity index is 603. The van der Waals surface area contributed by atoms with E-state index >= 15 is 0 Å². The summed E-state index contributed by atoms with van der Waals surface area (Å²) in [5, 5.41) is 5.52.